The average Bonchev–Trinajstić information content (AvgIpc) is 2.78. The molecule has 0 heterocycles. The zero-order chi connectivity index (χ0) is 23.1. The fourth-order valence-electron chi connectivity index (χ4n) is 4.00. The number of allylic oxidation sites excluding steroid dienone is 2. The van der Waals surface area contributed by atoms with Gasteiger partial charge in [-0.2, -0.15) is 0 Å². The van der Waals surface area contributed by atoms with Crippen molar-refractivity contribution in [3.8, 4) is 0 Å². The SMILES string of the molecule is COC(=O)[C@H](Cc1ccc(C2=CCC(c3ccccc3)CC2)cc1)NC(=O)OC(C)(C)C. The molecule has 1 unspecified atom stereocenters. The number of benzene rings is 2. The van der Waals surface area contributed by atoms with E-state index in [1.54, 1.807) is 20.8 Å². The standard InChI is InChI=1S/C27H33NO4/c1-27(2,3)32-26(30)28-24(25(29)31-4)18-19-10-12-21(13-11-19)23-16-14-22(15-17-23)20-8-6-5-7-9-20/h5-13,16,22,24H,14-15,17-18H2,1-4H3,(H,28,30)/t22?,24-/m0/s1. The Morgan fingerprint density at radius 2 is 1.75 bits per heavy atom. The van der Waals surface area contributed by atoms with Gasteiger partial charge in [0.15, 0.2) is 0 Å². The Bertz CT molecular complexity index is 942. The van der Waals surface area contributed by atoms with Crippen LogP contribution in [0.3, 0.4) is 0 Å². The van der Waals surface area contributed by atoms with Crippen LogP contribution < -0.4 is 5.32 Å². The van der Waals surface area contributed by atoms with Gasteiger partial charge in [0, 0.05) is 6.42 Å². The number of hydrogen-bond acceptors (Lipinski definition) is 4. The highest BCUT2D eigenvalue weighted by molar-refractivity contribution is 5.81. The van der Waals surface area contributed by atoms with E-state index in [9.17, 15) is 9.59 Å². The van der Waals surface area contributed by atoms with Crippen LogP contribution in [0.1, 0.15) is 62.6 Å². The first kappa shape index (κ1) is 23.6. The number of ether oxygens (including phenoxy) is 2. The van der Waals surface area contributed by atoms with Gasteiger partial charge in [-0.3, -0.25) is 0 Å². The molecule has 32 heavy (non-hydrogen) atoms. The van der Waals surface area contributed by atoms with Gasteiger partial charge in [0.1, 0.15) is 11.6 Å². The summed E-state index contributed by atoms with van der Waals surface area (Å²) in [5, 5.41) is 2.62. The van der Waals surface area contributed by atoms with Crippen LogP contribution in [-0.4, -0.2) is 30.8 Å². The van der Waals surface area contributed by atoms with Gasteiger partial charge in [0.25, 0.3) is 0 Å². The molecule has 1 amide bonds. The summed E-state index contributed by atoms with van der Waals surface area (Å²) in [7, 11) is 1.31. The van der Waals surface area contributed by atoms with Crippen LogP contribution >= 0.6 is 0 Å². The number of methoxy groups -OCH3 is 1. The number of rotatable bonds is 6. The number of esters is 1. The normalized spacial score (nSPS) is 17.1. The lowest BCUT2D eigenvalue weighted by molar-refractivity contribution is -0.143. The van der Waals surface area contributed by atoms with E-state index in [1.165, 1.54) is 23.8 Å². The third-order valence-electron chi connectivity index (χ3n) is 5.62. The molecule has 0 aromatic heterocycles. The van der Waals surface area contributed by atoms with Crippen molar-refractivity contribution >= 4 is 17.6 Å². The third kappa shape index (κ3) is 6.71. The molecule has 5 nitrogen and oxygen atoms in total. The molecule has 1 aliphatic carbocycles. The lowest BCUT2D eigenvalue weighted by Crippen LogP contribution is -2.45. The fourth-order valence-corrected chi connectivity index (χ4v) is 4.00. The largest absolute Gasteiger partial charge is 0.467 e. The fraction of sp³-hybridized carbons (Fsp3) is 0.407. The molecule has 1 aliphatic rings. The van der Waals surface area contributed by atoms with Gasteiger partial charge in [-0.25, -0.2) is 9.59 Å². The first-order chi connectivity index (χ1) is 15.2. The summed E-state index contributed by atoms with van der Waals surface area (Å²) in [5.41, 5.74) is 4.28. The molecule has 0 aliphatic heterocycles. The Balaban J connectivity index is 1.63. The van der Waals surface area contributed by atoms with Crippen molar-refractivity contribution in [2.24, 2.45) is 0 Å². The van der Waals surface area contributed by atoms with E-state index < -0.39 is 23.7 Å². The van der Waals surface area contributed by atoms with Gasteiger partial charge in [0.2, 0.25) is 0 Å². The molecule has 5 heteroatoms. The predicted molar refractivity (Wildman–Crippen MR) is 126 cm³/mol. The maximum atomic E-state index is 12.2. The van der Waals surface area contributed by atoms with Crippen molar-refractivity contribution in [3.05, 3.63) is 77.4 Å². The van der Waals surface area contributed by atoms with E-state index >= 15 is 0 Å². The minimum absolute atomic E-state index is 0.335. The van der Waals surface area contributed by atoms with Crippen LogP contribution in [-0.2, 0) is 20.7 Å². The number of carbonyl (C=O) groups is 2. The molecule has 2 aromatic rings. The molecule has 0 radical (unpaired) electrons. The molecular weight excluding hydrogens is 402 g/mol. The monoisotopic (exact) mass is 435 g/mol. The second kappa shape index (κ2) is 10.5. The van der Waals surface area contributed by atoms with E-state index in [4.69, 9.17) is 9.47 Å². The third-order valence-corrected chi connectivity index (χ3v) is 5.62. The highest BCUT2D eigenvalue weighted by Gasteiger charge is 2.25. The number of amides is 1. The Hall–Kier alpha value is -3.08. The first-order valence-corrected chi connectivity index (χ1v) is 11.2. The van der Waals surface area contributed by atoms with Crippen molar-refractivity contribution in [2.45, 2.75) is 64.0 Å². The van der Waals surface area contributed by atoms with Crippen LogP contribution in [0.4, 0.5) is 4.79 Å². The molecule has 0 fully saturated rings. The van der Waals surface area contributed by atoms with Crippen LogP contribution in [0, 0.1) is 0 Å². The van der Waals surface area contributed by atoms with Gasteiger partial charge in [-0.05, 0) is 68.2 Å². The zero-order valence-electron chi connectivity index (χ0n) is 19.4. The van der Waals surface area contributed by atoms with Gasteiger partial charge in [0.05, 0.1) is 7.11 Å². The highest BCUT2D eigenvalue weighted by Crippen LogP contribution is 2.35. The maximum Gasteiger partial charge on any atom is 0.408 e. The van der Waals surface area contributed by atoms with Gasteiger partial charge in [-0.15, -0.1) is 0 Å². The molecule has 1 N–H and O–H groups in total. The molecular formula is C27H33NO4. The molecule has 3 rings (SSSR count). The molecule has 0 saturated carbocycles. The van der Waals surface area contributed by atoms with Crippen LogP contribution in [0.2, 0.25) is 0 Å². The Morgan fingerprint density at radius 3 is 2.31 bits per heavy atom. The smallest absolute Gasteiger partial charge is 0.408 e. The van der Waals surface area contributed by atoms with Crippen LogP contribution in [0.5, 0.6) is 0 Å². The van der Waals surface area contributed by atoms with E-state index in [1.807, 2.05) is 12.1 Å². The maximum absolute atomic E-state index is 12.2. The molecule has 0 bridgehead atoms. The number of nitrogens with one attached hydrogen (secondary N) is 1. The van der Waals surface area contributed by atoms with Crippen molar-refractivity contribution in [1.82, 2.24) is 5.32 Å². The highest BCUT2D eigenvalue weighted by atomic mass is 16.6. The quantitative estimate of drug-likeness (QED) is 0.596. The summed E-state index contributed by atoms with van der Waals surface area (Å²) in [6.07, 6.45) is 5.28. The Labute approximate surface area is 190 Å². The summed E-state index contributed by atoms with van der Waals surface area (Å²) in [5.74, 6) is 0.0841. The van der Waals surface area contributed by atoms with Gasteiger partial charge >= 0.3 is 12.1 Å². The Morgan fingerprint density at radius 1 is 1.06 bits per heavy atom. The van der Waals surface area contributed by atoms with E-state index in [0.717, 1.165) is 24.8 Å². The van der Waals surface area contributed by atoms with Gasteiger partial charge in [-0.1, -0.05) is 60.7 Å². The Kier molecular flexibility index (Phi) is 7.73. The molecule has 170 valence electrons. The summed E-state index contributed by atoms with van der Waals surface area (Å²) >= 11 is 0. The zero-order valence-corrected chi connectivity index (χ0v) is 19.4. The number of hydrogen-bond donors (Lipinski definition) is 1. The predicted octanol–water partition coefficient (Wildman–Crippen LogP) is 5.65. The lowest BCUT2D eigenvalue weighted by atomic mass is 9.82. The lowest BCUT2D eigenvalue weighted by Gasteiger charge is -2.23. The van der Waals surface area contributed by atoms with Crippen molar-refractivity contribution < 1.29 is 19.1 Å². The van der Waals surface area contributed by atoms with Crippen LogP contribution in [0.15, 0.2) is 60.7 Å². The average molecular weight is 436 g/mol. The molecule has 0 spiro atoms. The minimum Gasteiger partial charge on any atom is -0.467 e. The minimum atomic E-state index is -0.804. The van der Waals surface area contributed by atoms with E-state index in [-0.39, 0.29) is 0 Å². The van der Waals surface area contributed by atoms with E-state index in [0.29, 0.717) is 12.3 Å². The molecule has 2 aromatic carbocycles. The van der Waals surface area contributed by atoms with Gasteiger partial charge < -0.3 is 14.8 Å². The molecule has 0 saturated heterocycles. The first-order valence-electron chi connectivity index (χ1n) is 11.2. The number of carbonyl (C=O) groups excluding carboxylic acids is 2. The second-order valence-corrected chi connectivity index (χ2v) is 9.23. The van der Waals surface area contributed by atoms with Crippen LogP contribution in [0.25, 0.3) is 5.57 Å². The second-order valence-electron chi connectivity index (χ2n) is 9.23. The summed E-state index contributed by atoms with van der Waals surface area (Å²) in [6, 6.07) is 18.1. The summed E-state index contributed by atoms with van der Waals surface area (Å²) in [4.78, 5) is 24.3. The number of alkyl carbamates (subject to hydrolysis) is 1. The van der Waals surface area contributed by atoms with Crippen molar-refractivity contribution in [3.63, 3.8) is 0 Å². The van der Waals surface area contributed by atoms with Crippen molar-refractivity contribution in [2.75, 3.05) is 7.11 Å². The topological polar surface area (TPSA) is 64.6 Å². The summed E-state index contributed by atoms with van der Waals surface area (Å²) in [6.45, 7) is 5.33. The van der Waals surface area contributed by atoms with E-state index in [2.05, 4.69) is 53.9 Å². The summed E-state index contributed by atoms with van der Waals surface area (Å²) < 4.78 is 10.1. The van der Waals surface area contributed by atoms with Crippen molar-refractivity contribution in [1.29, 1.82) is 0 Å². The molecule has 2 atom stereocenters.